The van der Waals surface area contributed by atoms with Gasteiger partial charge in [-0.2, -0.15) is 11.8 Å². The van der Waals surface area contributed by atoms with Gasteiger partial charge in [0.1, 0.15) is 0 Å². The summed E-state index contributed by atoms with van der Waals surface area (Å²) in [4.78, 5) is 10.3. The predicted molar refractivity (Wildman–Crippen MR) is 67.7 cm³/mol. The molecule has 0 aromatic rings. The number of rotatable bonds is 7. The molecule has 3 atom stereocenters. The van der Waals surface area contributed by atoms with Gasteiger partial charge in [0, 0.05) is 0 Å². The molecule has 0 aliphatic heterocycles. The second-order valence-corrected chi connectivity index (χ2v) is 6.48. The minimum atomic E-state index is -0.682. The number of hydrogen-bond donors (Lipinski definition) is 1. The van der Waals surface area contributed by atoms with Crippen molar-refractivity contribution in [1.82, 2.24) is 0 Å². The van der Waals surface area contributed by atoms with E-state index in [-0.39, 0.29) is 5.75 Å². The molecule has 92 valence electrons. The number of carbonyl (C=O) groups is 1. The first-order valence-corrected chi connectivity index (χ1v) is 7.70. The number of carboxylic acids is 1. The van der Waals surface area contributed by atoms with Crippen molar-refractivity contribution in [2.45, 2.75) is 44.9 Å². The summed E-state index contributed by atoms with van der Waals surface area (Å²) >= 11 is 1.56. The highest BCUT2D eigenvalue weighted by molar-refractivity contribution is 7.99. The number of aliphatic carboxylic acids is 1. The standard InChI is InChI=1S/C13H22O2S/c14-13(15)9-16-6-2-1-3-11-7-10-4-5-12(11)8-10/h10-12H,1-9H2,(H,14,15). The Morgan fingerprint density at radius 1 is 1.25 bits per heavy atom. The Hall–Kier alpha value is -0.180. The first-order chi connectivity index (χ1) is 7.75. The van der Waals surface area contributed by atoms with Crippen LogP contribution in [0.4, 0.5) is 0 Å². The molecule has 1 N–H and O–H groups in total. The predicted octanol–water partition coefficient (Wildman–Crippen LogP) is 3.41. The van der Waals surface area contributed by atoms with Crippen molar-refractivity contribution in [3.63, 3.8) is 0 Å². The Kier molecular flexibility index (Phi) is 4.56. The molecular weight excluding hydrogens is 220 g/mol. The Balaban J connectivity index is 1.48. The van der Waals surface area contributed by atoms with Gasteiger partial charge < -0.3 is 5.11 Å². The van der Waals surface area contributed by atoms with Crippen LogP contribution in [0.3, 0.4) is 0 Å². The minimum absolute atomic E-state index is 0.272. The van der Waals surface area contributed by atoms with Gasteiger partial charge in [0.25, 0.3) is 0 Å². The van der Waals surface area contributed by atoms with Gasteiger partial charge in [0.05, 0.1) is 5.75 Å². The van der Waals surface area contributed by atoms with Crippen molar-refractivity contribution < 1.29 is 9.90 Å². The molecule has 2 nitrogen and oxygen atoms in total. The van der Waals surface area contributed by atoms with Crippen molar-refractivity contribution in [3.8, 4) is 0 Å². The van der Waals surface area contributed by atoms with E-state index in [0.29, 0.717) is 0 Å². The zero-order valence-corrected chi connectivity index (χ0v) is 10.7. The van der Waals surface area contributed by atoms with Crippen molar-refractivity contribution in [2.24, 2.45) is 17.8 Å². The molecule has 0 aromatic heterocycles. The van der Waals surface area contributed by atoms with Gasteiger partial charge in [0.15, 0.2) is 0 Å². The van der Waals surface area contributed by atoms with Crippen LogP contribution in [-0.4, -0.2) is 22.6 Å². The molecule has 2 aliphatic carbocycles. The topological polar surface area (TPSA) is 37.3 Å². The molecule has 3 heteroatoms. The van der Waals surface area contributed by atoms with Gasteiger partial charge >= 0.3 is 5.97 Å². The zero-order chi connectivity index (χ0) is 11.4. The van der Waals surface area contributed by atoms with Crippen LogP contribution >= 0.6 is 11.8 Å². The molecule has 0 aromatic carbocycles. The van der Waals surface area contributed by atoms with Crippen LogP contribution in [-0.2, 0) is 4.79 Å². The first kappa shape index (κ1) is 12.3. The molecule has 0 heterocycles. The van der Waals surface area contributed by atoms with E-state index in [0.717, 1.165) is 23.5 Å². The molecule has 0 spiro atoms. The van der Waals surface area contributed by atoms with E-state index in [2.05, 4.69) is 0 Å². The molecule has 0 radical (unpaired) electrons. The van der Waals surface area contributed by atoms with E-state index in [1.165, 1.54) is 44.9 Å². The number of fused-ring (bicyclic) bond motifs is 2. The molecule has 2 bridgehead atoms. The number of thioether (sulfide) groups is 1. The lowest BCUT2D eigenvalue weighted by atomic mass is 9.85. The highest BCUT2D eigenvalue weighted by atomic mass is 32.2. The van der Waals surface area contributed by atoms with Crippen LogP contribution in [0.5, 0.6) is 0 Å². The SMILES string of the molecule is O=C(O)CSCCCCC1CC2CCC1C2. The quantitative estimate of drug-likeness (QED) is 0.695. The summed E-state index contributed by atoms with van der Waals surface area (Å²) < 4.78 is 0. The normalized spacial score (nSPS) is 32.1. The van der Waals surface area contributed by atoms with Crippen LogP contribution in [0.2, 0.25) is 0 Å². The second kappa shape index (κ2) is 5.95. The number of hydrogen-bond acceptors (Lipinski definition) is 2. The summed E-state index contributed by atoms with van der Waals surface area (Å²) in [7, 11) is 0. The fourth-order valence-corrected chi connectivity index (χ4v) is 4.23. The largest absolute Gasteiger partial charge is 0.481 e. The van der Waals surface area contributed by atoms with E-state index in [9.17, 15) is 4.79 Å². The maximum absolute atomic E-state index is 10.3. The summed E-state index contributed by atoms with van der Waals surface area (Å²) in [6, 6.07) is 0. The molecule has 0 amide bonds. The lowest BCUT2D eigenvalue weighted by Crippen LogP contribution is -2.10. The third kappa shape index (κ3) is 3.41. The van der Waals surface area contributed by atoms with E-state index in [4.69, 9.17) is 5.11 Å². The summed E-state index contributed by atoms with van der Waals surface area (Å²) in [5, 5.41) is 8.49. The van der Waals surface area contributed by atoms with E-state index < -0.39 is 5.97 Å². The van der Waals surface area contributed by atoms with Crippen LogP contribution in [0.15, 0.2) is 0 Å². The van der Waals surface area contributed by atoms with Crippen molar-refractivity contribution in [2.75, 3.05) is 11.5 Å². The smallest absolute Gasteiger partial charge is 0.313 e. The second-order valence-electron chi connectivity index (χ2n) is 5.38. The molecular formula is C13H22O2S. The molecule has 0 saturated heterocycles. The Bertz CT molecular complexity index is 242. The van der Waals surface area contributed by atoms with E-state index in [1.54, 1.807) is 11.8 Å². The first-order valence-electron chi connectivity index (χ1n) is 6.55. The third-order valence-electron chi connectivity index (χ3n) is 4.22. The van der Waals surface area contributed by atoms with Crippen LogP contribution in [0.1, 0.15) is 44.9 Å². The van der Waals surface area contributed by atoms with Crippen LogP contribution in [0.25, 0.3) is 0 Å². The monoisotopic (exact) mass is 242 g/mol. The lowest BCUT2D eigenvalue weighted by molar-refractivity contribution is -0.133. The summed E-state index contributed by atoms with van der Waals surface area (Å²) in [5.74, 6) is 3.75. The van der Waals surface area contributed by atoms with Crippen LogP contribution in [0, 0.1) is 17.8 Å². The fraction of sp³-hybridized carbons (Fsp3) is 0.923. The highest BCUT2D eigenvalue weighted by Gasteiger charge is 2.38. The van der Waals surface area contributed by atoms with E-state index in [1.807, 2.05) is 0 Å². The number of unbranched alkanes of at least 4 members (excludes halogenated alkanes) is 1. The highest BCUT2D eigenvalue weighted by Crippen LogP contribution is 2.49. The minimum Gasteiger partial charge on any atom is -0.481 e. The van der Waals surface area contributed by atoms with Gasteiger partial charge in [-0.05, 0) is 49.2 Å². The Morgan fingerprint density at radius 3 is 2.75 bits per heavy atom. The Morgan fingerprint density at radius 2 is 2.12 bits per heavy atom. The van der Waals surface area contributed by atoms with Gasteiger partial charge in [-0.15, -0.1) is 0 Å². The maximum atomic E-state index is 10.3. The zero-order valence-electron chi connectivity index (χ0n) is 9.86. The van der Waals surface area contributed by atoms with E-state index >= 15 is 0 Å². The molecule has 2 saturated carbocycles. The van der Waals surface area contributed by atoms with Gasteiger partial charge in [0.2, 0.25) is 0 Å². The van der Waals surface area contributed by atoms with Crippen molar-refractivity contribution >= 4 is 17.7 Å². The maximum Gasteiger partial charge on any atom is 0.313 e. The fourth-order valence-electron chi connectivity index (χ4n) is 3.50. The molecule has 16 heavy (non-hydrogen) atoms. The molecule has 2 aliphatic rings. The van der Waals surface area contributed by atoms with Crippen molar-refractivity contribution in [1.29, 1.82) is 0 Å². The summed E-state index contributed by atoms with van der Waals surface area (Å²) in [6.45, 7) is 0. The summed E-state index contributed by atoms with van der Waals surface area (Å²) in [6.07, 6.45) is 9.89. The molecule has 3 unspecified atom stereocenters. The number of carboxylic acid groups (broad SMARTS) is 1. The molecule has 2 rings (SSSR count). The van der Waals surface area contributed by atoms with Gasteiger partial charge in [-0.3, -0.25) is 4.79 Å². The Labute approximate surface area is 102 Å². The lowest BCUT2D eigenvalue weighted by Gasteiger charge is -2.21. The third-order valence-corrected chi connectivity index (χ3v) is 5.25. The van der Waals surface area contributed by atoms with Gasteiger partial charge in [-0.1, -0.05) is 19.3 Å². The van der Waals surface area contributed by atoms with Gasteiger partial charge in [-0.25, -0.2) is 0 Å². The van der Waals surface area contributed by atoms with Crippen molar-refractivity contribution in [3.05, 3.63) is 0 Å². The summed E-state index contributed by atoms with van der Waals surface area (Å²) in [5.41, 5.74) is 0. The molecule has 2 fully saturated rings. The van der Waals surface area contributed by atoms with Crippen LogP contribution < -0.4 is 0 Å². The average Bonchev–Trinajstić information content (AvgIpc) is 2.84. The average molecular weight is 242 g/mol.